The fraction of sp³-hybridized carbons (Fsp3) is 0.526. The number of nitrogens with one attached hydrogen (secondary N) is 1. The summed E-state index contributed by atoms with van der Waals surface area (Å²) in [6.07, 6.45) is 5.53. The van der Waals surface area contributed by atoms with Crippen LogP contribution in [0.3, 0.4) is 0 Å². The van der Waals surface area contributed by atoms with Gasteiger partial charge in [0.25, 0.3) is 0 Å². The Bertz CT molecular complexity index is 706. The Labute approximate surface area is 147 Å². The molecule has 3 aliphatic rings. The summed E-state index contributed by atoms with van der Waals surface area (Å²) in [6, 6.07) is 5.96. The van der Waals surface area contributed by atoms with Gasteiger partial charge in [-0.1, -0.05) is 0 Å². The highest BCUT2D eigenvalue weighted by Crippen LogP contribution is 2.46. The van der Waals surface area contributed by atoms with Crippen LogP contribution in [0, 0.1) is 5.92 Å². The Morgan fingerprint density at radius 3 is 2.44 bits per heavy atom. The average molecular weight is 341 g/mol. The van der Waals surface area contributed by atoms with E-state index in [1.807, 2.05) is 6.07 Å². The maximum atomic E-state index is 12.2. The zero-order valence-electron chi connectivity index (χ0n) is 14.2. The minimum absolute atomic E-state index is 0.188. The zero-order valence-corrected chi connectivity index (χ0v) is 14.2. The van der Waals surface area contributed by atoms with E-state index in [9.17, 15) is 14.4 Å². The number of carbonyl (C=O) groups is 3. The predicted molar refractivity (Wildman–Crippen MR) is 94.9 cm³/mol. The number of imide groups is 1. The number of anilines is 2. The van der Waals surface area contributed by atoms with Crippen LogP contribution in [0.5, 0.6) is 0 Å². The lowest BCUT2D eigenvalue weighted by atomic mass is 9.97. The van der Waals surface area contributed by atoms with Crippen molar-refractivity contribution in [1.82, 2.24) is 5.32 Å². The van der Waals surface area contributed by atoms with Gasteiger partial charge in [0.15, 0.2) is 0 Å². The molecule has 0 bridgehead atoms. The summed E-state index contributed by atoms with van der Waals surface area (Å²) in [5.74, 6) is 0.491. The minimum atomic E-state index is -0.322. The third-order valence-corrected chi connectivity index (χ3v) is 5.47. The molecule has 132 valence electrons. The number of urea groups is 1. The van der Waals surface area contributed by atoms with E-state index >= 15 is 0 Å². The van der Waals surface area contributed by atoms with Crippen LogP contribution in [0.25, 0.3) is 0 Å². The SMILES string of the molecule is O=CC1CCN(c2ccc(N3CCC(=O)NC3=O)c(C3CC3)c2)CC1. The van der Waals surface area contributed by atoms with E-state index in [1.165, 1.54) is 11.3 Å². The van der Waals surface area contributed by atoms with Crippen LogP contribution in [-0.4, -0.2) is 37.9 Å². The van der Waals surface area contributed by atoms with Gasteiger partial charge in [-0.3, -0.25) is 15.0 Å². The number of piperidine rings is 1. The van der Waals surface area contributed by atoms with Gasteiger partial charge in [-0.05, 0) is 55.4 Å². The first-order valence-corrected chi connectivity index (χ1v) is 9.11. The van der Waals surface area contributed by atoms with Gasteiger partial charge in [-0.15, -0.1) is 0 Å². The molecule has 1 aliphatic carbocycles. The van der Waals surface area contributed by atoms with Crippen LogP contribution in [0.2, 0.25) is 0 Å². The second kappa shape index (κ2) is 6.50. The summed E-state index contributed by atoms with van der Waals surface area (Å²) in [5, 5.41) is 2.41. The Hall–Kier alpha value is -2.37. The summed E-state index contributed by atoms with van der Waals surface area (Å²) < 4.78 is 0. The molecule has 1 N–H and O–H groups in total. The number of benzene rings is 1. The van der Waals surface area contributed by atoms with Gasteiger partial charge in [0.1, 0.15) is 6.29 Å². The number of hydrogen-bond donors (Lipinski definition) is 1. The maximum Gasteiger partial charge on any atom is 0.328 e. The van der Waals surface area contributed by atoms with Crippen molar-refractivity contribution in [2.24, 2.45) is 5.92 Å². The van der Waals surface area contributed by atoms with Gasteiger partial charge in [0.05, 0.1) is 0 Å². The molecule has 0 spiro atoms. The Morgan fingerprint density at radius 1 is 1.04 bits per heavy atom. The molecular formula is C19H23N3O3. The maximum absolute atomic E-state index is 12.2. The number of aldehydes is 1. The van der Waals surface area contributed by atoms with Crippen molar-refractivity contribution in [1.29, 1.82) is 0 Å². The van der Waals surface area contributed by atoms with E-state index in [1.54, 1.807) is 4.90 Å². The monoisotopic (exact) mass is 341 g/mol. The second-order valence-corrected chi connectivity index (χ2v) is 7.23. The number of hydrogen-bond acceptors (Lipinski definition) is 4. The van der Waals surface area contributed by atoms with Crippen LogP contribution < -0.4 is 15.1 Å². The summed E-state index contributed by atoms with van der Waals surface area (Å²) in [7, 11) is 0. The van der Waals surface area contributed by atoms with Crippen molar-refractivity contribution < 1.29 is 14.4 Å². The molecule has 0 radical (unpaired) electrons. The highest BCUT2D eigenvalue weighted by atomic mass is 16.2. The van der Waals surface area contributed by atoms with Crippen molar-refractivity contribution in [2.75, 3.05) is 29.4 Å². The van der Waals surface area contributed by atoms with E-state index < -0.39 is 0 Å². The van der Waals surface area contributed by atoms with Crippen molar-refractivity contribution in [3.63, 3.8) is 0 Å². The van der Waals surface area contributed by atoms with E-state index in [4.69, 9.17) is 0 Å². The molecule has 6 nitrogen and oxygen atoms in total. The van der Waals surface area contributed by atoms with E-state index in [0.717, 1.165) is 50.7 Å². The summed E-state index contributed by atoms with van der Waals surface area (Å²) in [6.45, 7) is 2.23. The molecule has 1 aromatic rings. The minimum Gasteiger partial charge on any atom is -0.371 e. The molecule has 1 saturated carbocycles. The van der Waals surface area contributed by atoms with Gasteiger partial charge < -0.3 is 9.69 Å². The topological polar surface area (TPSA) is 69.7 Å². The molecule has 6 heteroatoms. The van der Waals surface area contributed by atoms with Gasteiger partial charge in [-0.2, -0.15) is 0 Å². The van der Waals surface area contributed by atoms with Crippen molar-refractivity contribution >= 4 is 29.6 Å². The first kappa shape index (κ1) is 16.1. The van der Waals surface area contributed by atoms with Crippen LogP contribution in [0.15, 0.2) is 18.2 Å². The molecule has 0 atom stereocenters. The smallest absolute Gasteiger partial charge is 0.328 e. The van der Waals surface area contributed by atoms with Crippen LogP contribution >= 0.6 is 0 Å². The molecule has 25 heavy (non-hydrogen) atoms. The number of amides is 3. The normalized spacial score (nSPS) is 22.1. The molecule has 0 unspecified atom stereocenters. The Balaban J connectivity index is 1.58. The van der Waals surface area contributed by atoms with Gasteiger partial charge in [-0.25, -0.2) is 4.79 Å². The van der Waals surface area contributed by atoms with Gasteiger partial charge in [0, 0.05) is 43.3 Å². The van der Waals surface area contributed by atoms with Gasteiger partial charge >= 0.3 is 6.03 Å². The van der Waals surface area contributed by atoms with Crippen LogP contribution in [0.4, 0.5) is 16.2 Å². The summed E-state index contributed by atoms with van der Waals surface area (Å²) in [4.78, 5) is 38.6. The molecule has 2 heterocycles. The lowest BCUT2D eigenvalue weighted by Gasteiger charge is -2.33. The second-order valence-electron chi connectivity index (χ2n) is 7.23. The Kier molecular flexibility index (Phi) is 4.19. The van der Waals surface area contributed by atoms with E-state index in [2.05, 4.69) is 22.3 Å². The zero-order chi connectivity index (χ0) is 17.4. The molecule has 1 aromatic carbocycles. The molecular weight excluding hydrogens is 318 g/mol. The first-order valence-electron chi connectivity index (χ1n) is 9.11. The van der Waals surface area contributed by atoms with Crippen molar-refractivity contribution in [3.8, 4) is 0 Å². The van der Waals surface area contributed by atoms with Crippen molar-refractivity contribution in [2.45, 2.75) is 38.0 Å². The predicted octanol–water partition coefficient (Wildman–Crippen LogP) is 2.43. The molecule has 3 fully saturated rings. The van der Waals surface area contributed by atoms with E-state index in [-0.39, 0.29) is 17.9 Å². The molecule has 2 aliphatic heterocycles. The largest absolute Gasteiger partial charge is 0.371 e. The third-order valence-electron chi connectivity index (χ3n) is 5.47. The molecule has 0 aromatic heterocycles. The van der Waals surface area contributed by atoms with Crippen LogP contribution in [-0.2, 0) is 9.59 Å². The quantitative estimate of drug-likeness (QED) is 0.854. The summed E-state index contributed by atoms with van der Waals surface area (Å²) in [5.41, 5.74) is 3.31. The average Bonchev–Trinajstić information content (AvgIpc) is 3.47. The third kappa shape index (κ3) is 3.25. The first-order chi connectivity index (χ1) is 12.2. The Morgan fingerprint density at radius 2 is 1.80 bits per heavy atom. The summed E-state index contributed by atoms with van der Waals surface area (Å²) >= 11 is 0. The fourth-order valence-corrected chi connectivity index (χ4v) is 3.79. The van der Waals surface area contributed by atoms with Crippen LogP contribution in [0.1, 0.15) is 43.6 Å². The highest BCUT2D eigenvalue weighted by molar-refractivity contribution is 6.06. The number of carbonyl (C=O) groups excluding carboxylic acids is 3. The standard InChI is InChI=1S/C19H23N3O3/c23-12-13-5-8-21(9-6-13)15-3-4-17(16(11-15)14-1-2-14)22-10-7-18(24)20-19(22)25/h3-4,11-14H,1-2,5-10H2,(H,20,24,25). The van der Waals surface area contributed by atoms with Crippen molar-refractivity contribution in [3.05, 3.63) is 23.8 Å². The molecule has 2 saturated heterocycles. The van der Waals surface area contributed by atoms with Gasteiger partial charge in [0.2, 0.25) is 5.91 Å². The number of nitrogens with zero attached hydrogens (tertiary/aromatic N) is 2. The lowest BCUT2D eigenvalue weighted by molar-refractivity contribution is -0.120. The molecule has 3 amide bonds. The molecule has 4 rings (SSSR count). The number of rotatable bonds is 4. The highest BCUT2D eigenvalue weighted by Gasteiger charge is 2.32. The van der Waals surface area contributed by atoms with E-state index in [0.29, 0.717) is 18.9 Å². The lowest BCUT2D eigenvalue weighted by Crippen LogP contribution is -2.49. The fourth-order valence-electron chi connectivity index (χ4n) is 3.79.